The molecule has 18 heavy (non-hydrogen) atoms. The van der Waals surface area contributed by atoms with Crippen LogP contribution in [0, 0.1) is 5.92 Å². The Balaban J connectivity index is 1.81. The zero-order chi connectivity index (χ0) is 13.2. The predicted octanol–water partition coefficient (Wildman–Crippen LogP) is 0.766. The molecule has 1 saturated carbocycles. The Labute approximate surface area is 111 Å². The summed E-state index contributed by atoms with van der Waals surface area (Å²) < 4.78 is 5.68. The van der Waals surface area contributed by atoms with E-state index in [1.807, 2.05) is 0 Å². The zero-order valence-corrected chi connectivity index (χ0v) is 12.2. The first-order chi connectivity index (χ1) is 8.59. The second-order valence-corrected chi connectivity index (χ2v) is 6.21. The molecule has 2 N–H and O–H groups in total. The molecule has 2 aliphatic rings. The smallest absolute Gasteiger partial charge is 0.0611 e. The molecule has 0 spiro atoms. The van der Waals surface area contributed by atoms with E-state index in [1.54, 1.807) is 0 Å². The summed E-state index contributed by atoms with van der Waals surface area (Å²) in [5.74, 6) is 0.814. The Hall–Kier alpha value is -0.160. The van der Waals surface area contributed by atoms with Gasteiger partial charge in [0.2, 0.25) is 0 Å². The molecule has 2 fully saturated rings. The third-order valence-corrected chi connectivity index (χ3v) is 4.83. The van der Waals surface area contributed by atoms with Crippen molar-refractivity contribution >= 4 is 0 Å². The molecule has 1 unspecified atom stereocenters. The minimum atomic E-state index is 0.209. The SMILES string of the molecule is CCOC1CC(CN)(N(C)CC2CCN(C)C2)C1. The normalized spacial score (nSPS) is 37.2. The molecule has 1 aliphatic carbocycles. The summed E-state index contributed by atoms with van der Waals surface area (Å²) in [6.45, 7) is 7.31. The van der Waals surface area contributed by atoms with Gasteiger partial charge < -0.3 is 15.4 Å². The van der Waals surface area contributed by atoms with Crippen LogP contribution >= 0.6 is 0 Å². The van der Waals surface area contributed by atoms with Crippen molar-refractivity contribution in [1.29, 1.82) is 0 Å². The Morgan fingerprint density at radius 2 is 2.17 bits per heavy atom. The first kappa shape index (κ1) is 14.3. The van der Waals surface area contributed by atoms with Gasteiger partial charge in [0.25, 0.3) is 0 Å². The van der Waals surface area contributed by atoms with E-state index in [1.165, 1.54) is 26.1 Å². The number of nitrogens with zero attached hydrogens (tertiary/aromatic N) is 2. The van der Waals surface area contributed by atoms with Crippen molar-refractivity contribution in [2.75, 3.05) is 46.9 Å². The molecular weight excluding hydrogens is 226 g/mol. The molecule has 0 aromatic rings. The molecule has 4 heteroatoms. The fourth-order valence-corrected chi connectivity index (χ4v) is 3.53. The van der Waals surface area contributed by atoms with E-state index < -0.39 is 0 Å². The minimum Gasteiger partial charge on any atom is -0.378 e. The van der Waals surface area contributed by atoms with Crippen molar-refractivity contribution in [3.8, 4) is 0 Å². The maximum Gasteiger partial charge on any atom is 0.0611 e. The molecule has 0 amide bonds. The fraction of sp³-hybridized carbons (Fsp3) is 1.00. The topological polar surface area (TPSA) is 41.7 Å². The lowest BCUT2D eigenvalue weighted by molar-refractivity contribution is -0.0951. The highest BCUT2D eigenvalue weighted by Gasteiger charge is 2.47. The summed E-state index contributed by atoms with van der Waals surface area (Å²) in [7, 11) is 4.46. The number of hydrogen-bond acceptors (Lipinski definition) is 4. The van der Waals surface area contributed by atoms with Crippen molar-refractivity contribution in [3.05, 3.63) is 0 Å². The van der Waals surface area contributed by atoms with E-state index in [2.05, 4.69) is 30.8 Å². The Morgan fingerprint density at radius 1 is 1.44 bits per heavy atom. The Bertz CT molecular complexity index is 266. The summed E-state index contributed by atoms with van der Waals surface area (Å²) in [5, 5.41) is 0. The van der Waals surface area contributed by atoms with Crippen molar-refractivity contribution in [2.45, 2.75) is 37.8 Å². The lowest BCUT2D eigenvalue weighted by Gasteiger charge is -2.53. The number of likely N-dealkylation sites (N-methyl/N-ethyl adjacent to an activating group) is 1. The monoisotopic (exact) mass is 255 g/mol. The lowest BCUT2D eigenvalue weighted by Crippen LogP contribution is -2.63. The van der Waals surface area contributed by atoms with Crippen LogP contribution in [0.4, 0.5) is 0 Å². The fourth-order valence-electron chi connectivity index (χ4n) is 3.53. The van der Waals surface area contributed by atoms with Gasteiger partial charge in [0.05, 0.1) is 6.10 Å². The van der Waals surface area contributed by atoms with Gasteiger partial charge in [0.15, 0.2) is 0 Å². The van der Waals surface area contributed by atoms with Crippen LogP contribution in [0.5, 0.6) is 0 Å². The third-order valence-electron chi connectivity index (χ3n) is 4.83. The Kier molecular flexibility index (Phi) is 4.64. The number of hydrogen-bond donors (Lipinski definition) is 1. The van der Waals surface area contributed by atoms with Gasteiger partial charge >= 0.3 is 0 Å². The first-order valence-corrected chi connectivity index (χ1v) is 7.31. The molecule has 0 bridgehead atoms. The quantitative estimate of drug-likeness (QED) is 0.761. The van der Waals surface area contributed by atoms with Crippen LogP contribution in [0.1, 0.15) is 26.2 Å². The van der Waals surface area contributed by atoms with E-state index in [4.69, 9.17) is 10.5 Å². The predicted molar refractivity (Wildman–Crippen MR) is 74.7 cm³/mol. The number of rotatable bonds is 6. The van der Waals surface area contributed by atoms with E-state index in [9.17, 15) is 0 Å². The van der Waals surface area contributed by atoms with Crippen LogP contribution in [0.2, 0.25) is 0 Å². The average molecular weight is 255 g/mol. The highest BCUT2D eigenvalue weighted by molar-refractivity contribution is 5.04. The van der Waals surface area contributed by atoms with Crippen LogP contribution < -0.4 is 5.73 Å². The molecule has 0 aromatic carbocycles. The van der Waals surface area contributed by atoms with Crippen LogP contribution in [0.15, 0.2) is 0 Å². The first-order valence-electron chi connectivity index (χ1n) is 7.31. The molecule has 1 saturated heterocycles. The lowest BCUT2D eigenvalue weighted by atomic mass is 9.72. The van der Waals surface area contributed by atoms with Gasteiger partial charge in [-0.1, -0.05) is 0 Å². The van der Waals surface area contributed by atoms with Crippen molar-refractivity contribution in [1.82, 2.24) is 9.80 Å². The number of nitrogens with two attached hydrogens (primary N) is 1. The second kappa shape index (κ2) is 5.87. The van der Waals surface area contributed by atoms with Gasteiger partial charge in [-0.15, -0.1) is 0 Å². The highest BCUT2D eigenvalue weighted by Crippen LogP contribution is 2.39. The van der Waals surface area contributed by atoms with E-state index in [-0.39, 0.29) is 5.54 Å². The van der Waals surface area contributed by atoms with Gasteiger partial charge in [-0.3, -0.25) is 4.90 Å². The molecule has 0 aromatic heterocycles. The summed E-state index contributed by atoms with van der Waals surface area (Å²) in [4.78, 5) is 4.93. The molecule has 2 rings (SSSR count). The molecule has 0 radical (unpaired) electrons. The third kappa shape index (κ3) is 2.87. The van der Waals surface area contributed by atoms with Crippen LogP contribution in [0.25, 0.3) is 0 Å². The summed E-state index contributed by atoms with van der Waals surface area (Å²) in [6, 6.07) is 0. The van der Waals surface area contributed by atoms with E-state index >= 15 is 0 Å². The van der Waals surface area contributed by atoms with Crippen molar-refractivity contribution in [3.63, 3.8) is 0 Å². The molecule has 1 aliphatic heterocycles. The molecule has 1 atom stereocenters. The van der Waals surface area contributed by atoms with Crippen molar-refractivity contribution < 1.29 is 4.74 Å². The summed E-state index contributed by atoms with van der Waals surface area (Å²) in [5.41, 5.74) is 6.23. The highest BCUT2D eigenvalue weighted by atomic mass is 16.5. The Morgan fingerprint density at radius 3 is 2.67 bits per heavy atom. The largest absolute Gasteiger partial charge is 0.378 e. The van der Waals surface area contributed by atoms with Gasteiger partial charge in [-0.05, 0) is 52.7 Å². The molecule has 1 heterocycles. The van der Waals surface area contributed by atoms with E-state index in [0.29, 0.717) is 6.10 Å². The van der Waals surface area contributed by atoms with Crippen LogP contribution in [-0.2, 0) is 4.74 Å². The molecule has 106 valence electrons. The number of likely N-dealkylation sites (tertiary alicyclic amines) is 1. The van der Waals surface area contributed by atoms with Gasteiger partial charge in [-0.25, -0.2) is 0 Å². The number of ether oxygens (including phenoxy) is 1. The summed E-state index contributed by atoms with van der Waals surface area (Å²) >= 11 is 0. The molecular formula is C14H29N3O. The summed E-state index contributed by atoms with van der Waals surface area (Å²) in [6.07, 6.45) is 3.98. The van der Waals surface area contributed by atoms with Crippen LogP contribution in [0.3, 0.4) is 0 Å². The van der Waals surface area contributed by atoms with Gasteiger partial charge in [0, 0.05) is 31.8 Å². The van der Waals surface area contributed by atoms with Crippen molar-refractivity contribution in [2.24, 2.45) is 11.7 Å². The van der Waals surface area contributed by atoms with Gasteiger partial charge in [0.1, 0.15) is 0 Å². The standard InChI is InChI=1S/C14H29N3O/c1-4-18-13-7-14(8-13,11-15)17(3)10-12-5-6-16(2)9-12/h12-13H,4-11,15H2,1-3H3. The van der Waals surface area contributed by atoms with E-state index in [0.717, 1.165) is 31.9 Å². The zero-order valence-electron chi connectivity index (χ0n) is 12.2. The average Bonchev–Trinajstić information content (AvgIpc) is 2.68. The molecule has 4 nitrogen and oxygen atoms in total. The van der Waals surface area contributed by atoms with Crippen LogP contribution in [-0.4, -0.2) is 68.3 Å². The second-order valence-electron chi connectivity index (χ2n) is 6.21. The minimum absolute atomic E-state index is 0.209. The van der Waals surface area contributed by atoms with Gasteiger partial charge in [-0.2, -0.15) is 0 Å². The maximum absolute atomic E-state index is 6.02. The maximum atomic E-state index is 6.02.